The molecule has 1 aliphatic rings. The van der Waals surface area contributed by atoms with Gasteiger partial charge in [0.15, 0.2) is 0 Å². The van der Waals surface area contributed by atoms with Crippen LogP contribution >= 0.6 is 0 Å². The van der Waals surface area contributed by atoms with Crippen molar-refractivity contribution in [1.82, 2.24) is 4.98 Å². The van der Waals surface area contributed by atoms with Gasteiger partial charge in [0.1, 0.15) is 0 Å². The number of rotatable bonds is 3. The van der Waals surface area contributed by atoms with Crippen molar-refractivity contribution in [3.63, 3.8) is 0 Å². The molecule has 0 bridgehead atoms. The lowest BCUT2D eigenvalue weighted by Crippen LogP contribution is -2.14. The fraction of sp³-hybridized carbons (Fsp3) is 0.400. The van der Waals surface area contributed by atoms with Crippen molar-refractivity contribution in [2.75, 3.05) is 12.4 Å². The van der Waals surface area contributed by atoms with Crippen molar-refractivity contribution >= 4 is 16.5 Å². The number of nitrogens with zero attached hydrogens (tertiary/aromatic N) is 1. The van der Waals surface area contributed by atoms with E-state index in [-0.39, 0.29) is 0 Å². The molecule has 1 aliphatic carbocycles. The monoisotopic (exact) mass is 242 g/mol. The third kappa shape index (κ3) is 2.13. The van der Waals surface area contributed by atoms with Crippen molar-refractivity contribution in [2.45, 2.75) is 31.7 Å². The summed E-state index contributed by atoms with van der Waals surface area (Å²) < 4.78 is 5.27. The highest BCUT2D eigenvalue weighted by atomic mass is 16.5. The third-order valence-electron chi connectivity index (χ3n) is 3.65. The van der Waals surface area contributed by atoms with E-state index in [0.717, 1.165) is 5.39 Å². The van der Waals surface area contributed by atoms with Gasteiger partial charge in [0, 0.05) is 23.3 Å². The first-order chi connectivity index (χ1) is 8.86. The number of hydrogen-bond donors (Lipinski definition) is 1. The van der Waals surface area contributed by atoms with E-state index in [2.05, 4.69) is 28.5 Å². The Labute approximate surface area is 107 Å². The van der Waals surface area contributed by atoms with Crippen molar-refractivity contribution in [1.29, 1.82) is 0 Å². The minimum atomic E-state index is 0.645. The molecule has 0 spiro atoms. The highest BCUT2D eigenvalue weighted by molar-refractivity contribution is 5.89. The Morgan fingerprint density at radius 3 is 2.83 bits per heavy atom. The van der Waals surface area contributed by atoms with Crippen LogP contribution in [0.3, 0.4) is 0 Å². The van der Waals surface area contributed by atoms with Gasteiger partial charge in [-0.2, -0.15) is 0 Å². The number of pyridine rings is 1. The van der Waals surface area contributed by atoms with Gasteiger partial charge in [-0.1, -0.05) is 12.8 Å². The van der Waals surface area contributed by atoms with Crippen molar-refractivity contribution in [3.05, 3.63) is 30.5 Å². The minimum Gasteiger partial charge on any atom is -0.481 e. The van der Waals surface area contributed by atoms with Crippen LogP contribution in [0.5, 0.6) is 5.88 Å². The maximum Gasteiger partial charge on any atom is 0.221 e. The molecule has 18 heavy (non-hydrogen) atoms. The average Bonchev–Trinajstić information content (AvgIpc) is 2.90. The van der Waals surface area contributed by atoms with Gasteiger partial charge < -0.3 is 10.1 Å². The molecule has 1 fully saturated rings. The summed E-state index contributed by atoms with van der Waals surface area (Å²) in [6.45, 7) is 0. The molecule has 1 saturated carbocycles. The van der Waals surface area contributed by atoms with Crippen LogP contribution in [0.25, 0.3) is 10.8 Å². The highest BCUT2D eigenvalue weighted by Gasteiger charge is 2.14. The molecule has 3 rings (SSSR count). The van der Waals surface area contributed by atoms with E-state index in [1.54, 1.807) is 13.3 Å². The van der Waals surface area contributed by atoms with Gasteiger partial charge in [-0.3, -0.25) is 0 Å². The largest absolute Gasteiger partial charge is 0.481 e. The molecule has 0 saturated heterocycles. The van der Waals surface area contributed by atoms with Gasteiger partial charge in [0.25, 0.3) is 0 Å². The Kier molecular flexibility index (Phi) is 3.05. The predicted octanol–water partition coefficient (Wildman–Crippen LogP) is 3.60. The van der Waals surface area contributed by atoms with Gasteiger partial charge in [0.2, 0.25) is 5.88 Å². The average molecular weight is 242 g/mol. The Bertz CT molecular complexity index is 547. The van der Waals surface area contributed by atoms with Crippen LogP contribution in [-0.2, 0) is 0 Å². The molecule has 0 unspecified atom stereocenters. The smallest absolute Gasteiger partial charge is 0.221 e. The number of aromatic nitrogens is 1. The molecule has 1 aromatic heterocycles. The fourth-order valence-electron chi connectivity index (χ4n) is 2.71. The van der Waals surface area contributed by atoms with E-state index in [1.165, 1.54) is 36.8 Å². The fourth-order valence-corrected chi connectivity index (χ4v) is 2.71. The molecule has 0 amide bonds. The standard InChI is InChI=1S/C15H18N2O/c1-18-15-14-7-6-13(10-11(14)8-9-16-15)17-12-4-2-3-5-12/h6-10,12,17H,2-5H2,1H3. The topological polar surface area (TPSA) is 34.1 Å². The summed E-state index contributed by atoms with van der Waals surface area (Å²) in [5.74, 6) is 0.694. The molecule has 0 atom stereocenters. The number of nitrogens with one attached hydrogen (secondary N) is 1. The van der Waals surface area contributed by atoms with Crippen LogP contribution < -0.4 is 10.1 Å². The number of anilines is 1. The van der Waals surface area contributed by atoms with Crippen LogP contribution in [0, 0.1) is 0 Å². The number of methoxy groups -OCH3 is 1. The van der Waals surface area contributed by atoms with Crippen molar-refractivity contribution in [3.8, 4) is 5.88 Å². The molecule has 1 N–H and O–H groups in total. The Morgan fingerprint density at radius 2 is 2.06 bits per heavy atom. The lowest BCUT2D eigenvalue weighted by atomic mass is 10.1. The quantitative estimate of drug-likeness (QED) is 0.893. The first kappa shape index (κ1) is 11.3. The molecular formula is C15H18N2O. The summed E-state index contributed by atoms with van der Waals surface area (Å²) in [5.41, 5.74) is 1.20. The van der Waals surface area contributed by atoms with Crippen LogP contribution in [-0.4, -0.2) is 18.1 Å². The van der Waals surface area contributed by atoms with Crippen molar-refractivity contribution in [2.24, 2.45) is 0 Å². The lowest BCUT2D eigenvalue weighted by Gasteiger charge is -2.14. The van der Waals surface area contributed by atoms with E-state index >= 15 is 0 Å². The van der Waals surface area contributed by atoms with Gasteiger partial charge in [0.05, 0.1) is 7.11 Å². The second-order valence-electron chi connectivity index (χ2n) is 4.88. The molecule has 1 heterocycles. The molecular weight excluding hydrogens is 224 g/mol. The second kappa shape index (κ2) is 4.84. The van der Waals surface area contributed by atoms with E-state index in [1.807, 2.05) is 6.07 Å². The number of fused-ring (bicyclic) bond motifs is 1. The number of benzene rings is 1. The zero-order valence-corrected chi connectivity index (χ0v) is 10.6. The summed E-state index contributed by atoms with van der Waals surface area (Å²) in [7, 11) is 1.66. The van der Waals surface area contributed by atoms with Gasteiger partial charge >= 0.3 is 0 Å². The summed E-state index contributed by atoms with van der Waals surface area (Å²) >= 11 is 0. The summed E-state index contributed by atoms with van der Waals surface area (Å²) in [4.78, 5) is 4.22. The summed E-state index contributed by atoms with van der Waals surface area (Å²) in [6.07, 6.45) is 7.07. The Morgan fingerprint density at radius 1 is 1.22 bits per heavy atom. The van der Waals surface area contributed by atoms with Crippen LogP contribution in [0.1, 0.15) is 25.7 Å². The van der Waals surface area contributed by atoms with Crippen LogP contribution in [0.4, 0.5) is 5.69 Å². The second-order valence-corrected chi connectivity index (χ2v) is 4.88. The Balaban J connectivity index is 1.90. The predicted molar refractivity (Wildman–Crippen MR) is 74.2 cm³/mol. The van der Waals surface area contributed by atoms with Crippen LogP contribution in [0.15, 0.2) is 30.5 Å². The minimum absolute atomic E-state index is 0.645. The van der Waals surface area contributed by atoms with Crippen LogP contribution in [0.2, 0.25) is 0 Å². The molecule has 3 heteroatoms. The highest BCUT2D eigenvalue weighted by Crippen LogP contribution is 2.27. The maximum atomic E-state index is 5.27. The zero-order chi connectivity index (χ0) is 12.4. The molecule has 3 nitrogen and oxygen atoms in total. The van der Waals surface area contributed by atoms with E-state index in [0.29, 0.717) is 11.9 Å². The summed E-state index contributed by atoms with van der Waals surface area (Å²) in [6, 6.07) is 9.05. The van der Waals surface area contributed by atoms with E-state index < -0.39 is 0 Å². The molecule has 1 aromatic carbocycles. The zero-order valence-electron chi connectivity index (χ0n) is 10.6. The number of ether oxygens (including phenoxy) is 1. The molecule has 0 aliphatic heterocycles. The number of hydrogen-bond acceptors (Lipinski definition) is 3. The molecule has 94 valence electrons. The summed E-state index contributed by atoms with van der Waals surface area (Å²) in [5, 5.41) is 5.85. The Hall–Kier alpha value is -1.77. The van der Waals surface area contributed by atoms with Gasteiger partial charge in [-0.25, -0.2) is 4.98 Å². The third-order valence-corrected chi connectivity index (χ3v) is 3.65. The lowest BCUT2D eigenvalue weighted by molar-refractivity contribution is 0.403. The van der Waals surface area contributed by atoms with Gasteiger partial charge in [-0.05, 0) is 42.5 Å². The first-order valence-electron chi connectivity index (χ1n) is 6.56. The van der Waals surface area contributed by atoms with Gasteiger partial charge in [-0.15, -0.1) is 0 Å². The SMILES string of the molecule is COc1nccc2cc(NC3CCCC3)ccc12. The van der Waals surface area contributed by atoms with E-state index in [9.17, 15) is 0 Å². The normalized spacial score (nSPS) is 16.1. The molecule has 0 radical (unpaired) electrons. The maximum absolute atomic E-state index is 5.27. The van der Waals surface area contributed by atoms with Crippen molar-refractivity contribution < 1.29 is 4.74 Å². The first-order valence-corrected chi connectivity index (χ1v) is 6.56. The molecule has 2 aromatic rings. The van der Waals surface area contributed by atoms with E-state index in [4.69, 9.17) is 4.74 Å².